The van der Waals surface area contributed by atoms with Crippen LogP contribution in [0.15, 0.2) is 18.3 Å². The minimum atomic E-state index is -0.176. The van der Waals surface area contributed by atoms with Crippen molar-refractivity contribution in [3.63, 3.8) is 0 Å². The van der Waals surface area contributed by atoms with Gasteiger partial charge in [0.05, 0.1) is 0 Å². The van der Waals surface area contributed by atoms with Gasteiger partial charge < -0.3 is 19.9 Å². The van der Waals surface area contributed by atoms with Gasteiger partial charge in [-0.05, 0) is 18.6 Å². The van der Waals surface area contributed by atoms with Crippen LogP contribution in [0, 0.1) is 0 Å². The van der Waals surface area contributed by atoms with Crippen LogP contribution < -0.4 is 10.2 Å². The van der Waals surface area contributed by atoms with Crippen molar-refractivity contribution < 1.29 is 14.3 Å². The molecule has 2 rings (SSSR count). The Bertz CT molecular complexity index is 542. The van der Waals surface area contributed by atoms with Crippen LogP contribution in [0.25, 0.3) is 0 Å². The lowest BCUT2D eigenvalue weighted by Gasteiger charge is -2.35. The molecule has 2 amide bonds. The summed E-state index contributed by atoms with van der Waals surface area (Å²) in [6.45, 7) is 5.71. The lowest BCUT2D eigenvalue weighted by atomic mass is 10.2. The molecule has 23 heavy (non-hydrogen) atoms. The molecular formula is C16H24N4O3. The predicted molar refractivity (Wildman–Crippen MR) is 87.5 cm³/mol. The Balaban J connectivity index is 1.92. The number of aromatic nitrogens is 1. The number of carbonyl (C=O) groups is 2. The highest BCUT2D eigenvalue weighted by atomic mass is 16.5. The number of ether oxygens (including phenoxy) is 1. The van der Waals surface area contributed by atoms with Crippen LogP contribution in [0.1, 0.15) is 23.8 Å². The number of piperazine rings is 1. The fraction of sp³-hybridized carbons (Fsp3) is 0.562. The van der Waals surface area contributed by atoms with E-state index in [1.54, 1.807) is 26.3 Å². The quantitative estimate of drug-likeness (QED) is 0.773. The van der Waals surface area contributed by atoms with Crippen LogP contribution in [0.3, 0.4) is 0 Å². The molecule has 1 saturated heterocycles. The summed E-state index contributed by atoms with van der Waals surface area (Å²) in [6, 6.07) is 3.69. The van der Waals surface area contributed by atoms with Gasteiger partial charge in [-0.1, -0.05) is 0 Å². The standard InChI is InChI=1S/C16H24N4O3/c1-13(21)19-7-9-20(10-8-19)14-4-6-17-15(12-14)16(22)18-5-3-11-23-2/h4,6,12H,3,5,7-11H2,1-2H3,(H,18,22). The number of nitrogens with zero attached hydrogens (tertiary/aromatic N) is 3. The molecule has 1 aliphatic heterocycles. The van der Waals surface area contributed by atoms with Crippen LogP contribution in [0.5, 0.6) is 0 Å². The summed E-state index contributed by atoms with van der Waals surface area (Å²) in [6.07, 6.45) is 2.42. The zero-order valence-corrected chi connectivity index (χ0v) is 13.7. The summed E-state index contributed by atoms with van der Waals surface area (Å²) >= 11 is 0. The molecule has 1 aliphatic rings. The minimum absolute atomic E-state index is 0.107. The van der Waals surface area contributed by atoms with E-state index in [9.17, 15) is 9.59 Å². The molecule has 0 saturated carbocycles. The molecule has 1 fully saturated rings. The Morgan fingerprint density at radius 2 is 2.04 bits per heavy atom. The van der Waals surface area contributed by atoms with Gasteiger partial charge in [0.15, 0.2) is 0 Å². The maximum atomic E-state index is 12.1. The molecule has 1 aromatic rings. The van der Waals surface area contributed by atoms with Gasteiger partial charge in [-0.15, -0.1) is 0 Å². The largest absolute Gasteiger partial charge is 0.385 e. The van der Waals surface area contributed by atoms with E-state index in [1.807, 2.05) is 11.0 Å². The van der Waals surface area contributed by atoms with E-state index in [2.05, 4.69) is 15.2 Å². The first kappa shape index (κ1) is 17.2. The average molecular weight is 320 g/mol. The Morgan fingerprint density at radius 3 is 2.70 bits per heavy atom. The van der Waals surface area contributed by atoms with Crippen LogP contribution in [0.4, 0.5) is 5.69 Å². The fourth-order valence-corrected chi connectivity index (χ4v) is 2.53. The predicted octanol–water partition coefficient (Wildman–Crippen LogP) is 0.516. The Labute approximate surface area is 136 Å². The van der Waals surface area contributed by atoms with Gasteiger partial charge in [0, 0.05) is 65.2 Å². The molecule has 7 heteroatoms. The third-order valence-electron chi connectivity index (χ3n) is 3.88. The lowest BCUT2D eigenvalue weighted by molar-refractivity contribution is -0.129. The van der Waals surface area contributed by atoms with E-state index in [0.29, 0.717) is 31.9 Å². The van der Waals surface area contributed by atoms with Gasteiger partial charge in [0.2, 0.25) is 5.91 Å². The zero-order valence-electron chi connectivity index (χ0n) is 13.7. The van der Waals surface area contributed by atoms with Gasteiger partial charge >= 0.3 is 0 Å². The number of methoxy groups -OCH3 is 1. The highest BCUT2D eigenvalue weighted by molar-refractivity contribution is 5.93. The van der Waals surface area contributed by atoms with Crippen molar-refractivity contribution in [1.29, 1.82) is 0 Å². The number of rotatable bonds is 6. The number of nitrogens with one attached hydrogen (secondary N) is 1. The lowest BCUT2D eigenvalue weighted by Crippen LogP contribution is -2.48. The highest BCUT2D eigenvalue weighted by Crippen LogP contribution is 2.17. The molecule has 0 aliphatic carbocycles. The van der Waals surface area contributed by atoms with E-state index < -0.39 is 0 Å². The summed E-state index contributed by atoms with van der Waals surface area (Å²) in [4.78, 5) is 31.6. The normalized spacial score (nSPS) is 14.7. The molecule has 1 aromatic heterocycles. The first-order chi connectivity index (χ1) is 11.1. The molecule has 2 heterocycles. The molecular weight excluding hydrogens is 296 g/mol. The van der Waals surface area contributed by atoms with Crippen LogP contribution >= 0.6 is 0 Å². The SMILES string of the molecule is COCCCNC(=O)c1cc(N2CCN(C(C)=O)CC2)ccn1. The fourth-order valence-electron chi connectivity index (χ4n) is 2.53. The number of amides is 2. The number of hydrogen-bond acceptors (Lipinski definition) is 5. The summed E-state index contributed by atoms with van der Waals surface area (Å²) < 4.78 is 4.95. The van der Waals surface area contributed by atoms with Crippen molar-refractivity contribution in [2.75, 3.05) is 51.3 Å². The molecule has 0 radical (unpaired) electrons. The maximum Gasteiger partial charge on any atom is 0.269 e. The van der Waals surface area contributed by atoms with Gasteiger partial charge in [-0.2, -0.15) is 0 Å². The second-order valence-corrected chi connectivity index (χ2v) is 5.49. The van der Waals surface area contributed by atoms with Crippen LogP contribution in [-0.2, 0) is 9.53 Å². The number of hydrogen-bond donors (Lipinski definition) is 1. The molecule has 0 unspecified atom stereocenters. The van der Waals surface area contributed by atoms with E-state index in [4.69, 9.17) is 4.74 Å². The molecule has 7 nitrogen and oxygen atoms in total. The second kappa shape index (κ2) is 8.47. The van der Waals surface area contributed by atoms with Crippen LogP contribution in [-0.4, -0.2) is 68.1 Å². The Morgan fingerprint density at radius 1 is 1.30 bits per heavy atom. The van der Waals surface area contributed by atoms with Crippen molar-refractivity contribution in [2.45, 2.75) is 13.3 Å². The van der Waals surface area contributed by atoms with E-state index in [0.717, 1.165) is 25.2 Å². The molecule has 0 bridgehead atoms. The van der Waals surface area contributed by atoms with Gasteiger partial charge in [-0.3, -0.25) is 14.6 Å². The smallest absolute Gasteiger partial charge is 0.269 e. The second-order valence-electron chi connectivity index (χ2n) is 5.49. The summed E-state index contributed by atoms with van der Waals surface area (Å²) in [5, 5.41) is 2.83. The van der Waals surface area contributed by atoms with Crippen LogP contribution in [0.2, 0.25) is 0 Å². The number of pyridine rings is 1. The Kier molecular flexibility index (Phi) is 6.34. The van der Waals surface area contributed by atoms with Crippen molar-refractivity contribution in [3.05, 3.63) is 24.0 Å². The van der Waals surface area contributed by atoms with E-state index in [-0.39, 0.29) is 11.8 Å². The topological polar surface area (TPSA) is 74.8 Å². The average Bonchev–Trinajstić information content (AvgIpc) is 2.59. The Hall–Kier alpha value is -2.15. The van der Waals surface area contributed by atoms with Gasteiger partial charge in [0.25, 0.3) is 5.91 Å². The first-order valence-electron chi connectivity index (χ1n) is 7.85. The van der Waals surface area contributed by atoms with E-state index in [1.165, 1.54) is 0 Å². The first-order valence-corrected chi connectivity index (χ1v) is 7.85. The number of carbonyl (C=O) groups excluding carboxylic acids is 2. The summed E-state index contributed by atoms with van der Waals surface area (Å²) in [7, 11) is 1.64. The maximum absolute atomic E-state index is 12.1. The molecule has 0 spiro atoms. The minimum Gasteiger partial charge on any atom is -0.385 e. The monoisotopic (exact) mass is 320 g/mol. The molecule has 0 aromatic carbocycles. The summed E-state index contributed by atoms with van der Waals surface area (Å²) in [5.41, 5.74) is 1.37. The zero-order chi connectivity index (χ0) is 16.7. The summed E-state index contributed by atoms with van der Waals surface area (Å²) in [5.74, 6) is -0.0687. The van der Waals surface area contributed by atoms with Crippen molar-refractivity contribution in [1.82, 2.24) is 15.2 Å². The molecule has 1 N–H and O–H groups in total. The van der Waals surface area contributed by atoms with Crippen molar-refractivity contribution >= 4 is 17.5 Å². The third kappa shape index (κ3) is 4.92. The molecule has 126 valence electrons. The van der Waals surface area contributed by atoms with Crippen molar-refractivity contribution in [3.8, 4) is 0 Å². The van der Waals surface area contributed by atoms with Gasteiger partial charge in [-0.25, -0.2) is 0 Å². The highest BCUT2D eigenvalue weighted by Gasteiger charge is 2.19. The molecule has 0 atom stereocenters. The number of anilines is 1. The van der Waals surface area contributed by atoms with Gasteiger partial charge in [0.1, 0.15) is 5.69 Å². The van der Waals surface area contributed by atoms with E-state index >= 15 is 0 Å². The van der Waals surface area contributed by atoms with Crippen molar-refractivity contribution in [2.24, 2.45) is 0 Å². The third-order valence-corrected chi connectivity index (χ3v) is 3.88.